The molecule has 2 rings (SSSR count). The standard InChI is InChI=1S/C13H17BrClN5O/c1-8-10(14)7-20(18-8)6-4-5-16-13(21)12-11(15)9(2)17-19(12)3/h7H,4-6H2,1-3H3,(H,16,21). The van der Waals surface area contributed by atoms with Crippen molar-refractivity contribution >= 4 is 33.4 Å². The predicted molar refractivity (Wildman–Crippen MR) is 84.6 cm³/mol. The van der Waals surface area contributed by atoms with E-state index >= 15 is 0 Å². The average molecular weight is 375 g/mol. The highest BCUT2D eigenvalue weighted by molar-refractivity contribution is 9.10. The first kappa shape index (κ1) is 16.0. The molecule has 0 fully saturated rings. The number of aromatic nitrogens is 4. The number of carbonyl (C=O) groups excluding carboxylic acids is 1. The summed E-state index contributed by atoms with van der Waals surface area (Å²) in [6.45, 7) is 5.01. The molecule has 0 aliphatic carbocycles. The Morgan fingerprint density at radius 3 is 2.62 bits per heavy atom. The number of hydrogen-bond acceptors (Lipinski definition) is 3. The number of carbonyl (C=O) groups is 1. The largest absolute Gasteiger partial charge is 0.351 e. The minimum Gasteiger partial charge on any atom is -0.351 e. The molecule has 0 aliphatic heterocycles. The minimum absolute atomic E-state index is 0.207. The van der Waals surface area contributed by atoms with Gasteiger partial charge in [0.15, 0.2) is 0 Å². The van der Waals surface area contributed by atoms with E-state index in [1.807, 2.05) is 17.8 Å². The van der Waals surface area contributed by atoms with Gasteiger partial charge in [-0.2, -0.15) is 10.2 Å². The third-order valence-corrected chi connectivity index (χ3v) is 4.33. The van der Waals surface area contributed by atoms with Crippen LogP contribution in [-0.2, 0) is 13.6 Å². The molecular formula is C13H17BrClN5O. The number of rotatable bonds is 5. The molecule has 1 N–H and O–H groups in total. The van der Waals surface area contributed by atoms with Crippen LogP contribution in [0.25, 0.3) is 0 Å². The van der Waals surface area contributed by atoms with Gasteiger partial charge in [0.05, 0.1) is 20.9 Å². The lowest BCUT2D eigenvalue weighted by Gasteiger charge is -2.06. The van der Waals surface area contributed by atoms with E-state index in [9.17, 15) is 4.79 Å². The minimum atomic E-state index is -0.207. The Balaban J connectivity index is 1.84. The van der Waals surface area contributed by atoms with E-state index in [0.717, 1.165) is 23.1 Å². The predicted octanol–water partition coefficient (Wildman–Crippen LogP) is 2.47. The van der Waals surface area contributed by atoms with Gasteiger partial charge >= 0.3 is 0 Å². The van der Waals surface area contributed by atoms with Crippen molar-refractivity contribution < 1.29 is 4.79 Å². The fraction of sp³-hybridized carbons (Fsp3) is 0.462. The molecule has 0 spiro atoms. The maximum absolute atomic E-state index is 12.1. The van der Waals surface area contributed by atoms with Crippen LogP contribution in [0.2, 0.25) is 5.02 Å². The topological polar surface area (TPSA) is 64.7 Å². The van der Waals surface area contributed by atoms with E-state index in [4.69, 9.17) is 11.6 Å². The van der Waals surface area contributed by atoms with Crippen LogP contribution >= 0.6 is 27.5 Å². The van der Waals surface area contributed by atoms with E-state index in [2.05, 4.69) is 31.4 Å². The Labute approximate surface area is 136 Å². The van der Waals surface area contributed by atoms with E-state index in [0.29, 0.717) is 23.0 Å². The lowest BCUT2D eigenvalue weighted by atomic mass is 10.3. The fourth-order valence-corrected chi connectivity index (χ4v) is 2.58. The SMILES string of the molecule is Cc1nn(CCCNC(=O)c2c(Cl)c(C)nn2C)cc1Br. The first-order valence-corrected chi connectivity index (χ1v) is 7.74. The molecule has 2 heterocycles. The van der Waals surface area contributed by atoms with E-state index in [-0.39, 0.29) is 5.91 Å². The summed E-state index contributed by atoms with van der Waals surface area (Å²) in [5, 5.41) is 11.7. The number of nitrogens with zero attached hydrogens (tertiary/aromatic N) is 4. The number of hydrogen-bond donors (Lipinski definition) is 1. The van der Waals surface area contributed by atoms with Crippen LogP contribution in [0.3, 0.4) is 0 Å². The normalized spacial score (nSPS) is 10.9. The molecular weight excluding hydrogens is 358 g/mol. The van der Waals surface area contributed by atoms with Crippen molar-refractivity contribution in [2.24, 2.45) is 7.05 Å². The lowest BCUT2D eigenvalue weighted by molar-refractivity contribution is 0.0943. The van der Waals surface area contributed by atoms with Crippen molar-refractivity contribution in [3.63, 3.8) is 0 Å². The molecule has 0 saturated carbocycles. The molecule has 0 aliphatic rings. The van der Waals surface area contributed by atoms with Crippen LogP contribution in [0.1, 0.15) is 28.3 Å². The average Bonchev–Trinajstić information content (AvgIpc) is 2.86. The van der Waals surface area contributed by atoms with Gasteiger partial charge in [0.2, 0.25) is 0 Å². The molecule has 0 aromatic carbocycles. The second kappa shape index (κ2) is 6.62. The highest BCUT2D eigenvalue weighted by Crippen LogP contribution is 2.19. The first-order valence-electron chi connectivity index (χ1n) is 6.57. The second-order valence-corrected chi connectivity index (χ2v) is 6.04. The van der Waals surface area contributed by atoms with Crippen LogP contribution in [-0.4, -0.2) is 32.0 Å². The summed E-state index contributed by atoms with van der Waals surface area (Å²) in [6, 6.07) is 0. The summed E-state index contributed by atoms with van der Waals surface area (Å²) in [7, 11) is 1.71. The summed E-state index contributed by atoms with van der Waals surface area (Å²) in [5.41, 5.74) is 2.00. The summed E-state index contributed by atoms with van der Waals surface area (Å²) < 4.78 is 4.34. The number of nitrogens with one attached hydrogen (secondary N) is 1. The van der Waals surface area contributed by atoms with Crippen molar-refractivity contribution in [1.82, 2.24) is 24.9 Å². The van der Waals surface area contributed by atoms with Crippen molar-refractivity contribution in [3.05, 3.63) is 32.8 Å². The smallest absolute Gasteiger partial charge is 0.271 e. The zero-order chi connectivity index (χ0) is 15.6. The van der Waals surface area contributed by atoms with Gasteiger partial charge in [-0.1, -0.05) is 11.6 Å². The zero-order valence-corrected chi connectivity index (χ0v) is 14.5. The molecule has 0 saturated heterocycles. The third kappa shape index (κ3) is 3.65. The van der Waals surface area contributed by atoms with Gasteiger partial charge in [0, 0.05) is 26.3 Å². The highest BCUT2D eigenvalue weighted by Gasteiger charge is 2.17. The summed E-state index contributed by atoms with van der Waals surface area (Å²) in [4.78, 5) is 12.1. The molecule has 6 nitrogen and oxygen atoms in total. The van der Waals surface area contributed by atoms with E-state index in [1.54, 1.807) is 14.0 Å². The molecule has 0 atom stereocenters. The molecule has 1 amide bonds. The van der Waals surface area contributed by atoms with Gasteiger partial charge in [-0.05, 0) is 36.2 Å². The Hall–Kier alpha value is -1.34. The summed E-state index contributed by atoms with van der Waals surface area (Å²) in [5.74, 6) is -0.207. The lowest BCUT2D eigenvalue weighted by Crippen LogP contribution is -2.27. The van der Waals surface area contributed by atoms with Gasteiger partial charge in [-0.15, -0.1) is 0 Å². The molecule has 2 aromatic heterocycles. The molecule has 21 heavy (non-hydrogen) atoms. The maximum Gasteiger partial charge on any atom is 0.271 e. The number of aryl methyl sites for hydroxylation is 4. The van der Waals surface area contributed by atoms with Gasteiger partial charge < -0.3 is 5.32 Å². The Morgan fingerprint density at radius 1 is 1.38 bits per heavy atom. The summed E-state index contributed by atoms with van der Waals surface area (Å²) >= 11 is 9.49. The second-order valence-electron chi connectivity index (χ2n) is 4.81. The monoisotopic (exact) mass is 373 g/mol. The number of halogens is 2. The van der Waals surface area contributed by atoms with Crippen molar-refractivity contribution in [3.8, 4) is 0 Å². The van der Waals surface area contributed by atoms with Crippen LogP contribution in [0.4, 0.5) is 0 Å². The van der Waals surface area contributed by atoms with Crippen molar-refractivity contribution in [1.29, 1.82) is 0 Å². The van der Waals surface area contributed by atoms with Crippen LogP contribution < -0.4 is 5.32 Å². The van der Waals surface area contributed by atoms with Crippen molar-refractivity contribution in [2.45, 2.75) is 26.8 Å². The molecule has 114 valence electrons. The number of amides is 1. The van der Waals surface area contributed by atoms with E-state index in [1.165, 1.54) is 4.68 Å². The molecule has 0 unspecified atom stereocenters. The van der Waals surface area contributed by atoms with Gasteiger partial charge in [0.25, 0.3) is 5.91 Å². The fourth-order valence-electron chi connectivity index (χ4n) is 2.01. The van der Waals surface area contributed by atoms with Crippen LogP contribution in [0.15, 0.2) is 10.7 Å². The van der Waals surface area contributed by atoms with E-state index < -0.39 is 0 Å². The zero-order valence-electron chi connectivity index (χ0n) is 12.2. The maximum atomic E-state index is 12.1. The molecule has 2 aromatic rings. The summed E-state index contributed by atoms with van der Waals surface area (Å²) in [6.07, 6.45) is 2.71. The van der Waals surface area contributed by atoms with Gasteiger partial charge in [-0.3, -0.25) is 14.2 Å². The Kier molecular flexibility index (Phi) is 5.05. The molecule has 8 heteroatoms. The first-order chi connectivity index (χ1) is 9.90. The van der Waals surface area contributed by atoms with Gasteiger partial charge in [-0.25, -0.2) is 0 Å². The highest BCUT2D eigenvalue weighted by atomic mass is 79.9. The third-order valence-electron chi connectivity index (χ3n) is 3.10. The van der Waals surface area contributed by atoms with Crippen LogP contribution in [0.5, 0.6) is 0 Å². The Morgan fingerprint density at radius 2 is 2.10 bits per heavy atom. The van der Waals surface area contributed by atoms with Crippen molar-refractivity contribution in [2.75, 3.05) is 6.54 Å². The molecule has 0 bridgehead atoms. The quantitative estimate of drug-likeness (QED) is 0.818. The molecule has 0 radical (unpaired) electrons. The van der Waals surface area contributed by atoms with Gasteiger partial charge in [0.1, 0.15) is 5.69 Å². The Bertz CT molecular complexity index is 644. The van der Waals surface area contributed by atoms with Crippen LogP contribution in [0, 0.1) is 13.8 Å².